The molecule has 0 spiro atoms. The third-order valence-electron chi connectivity index (χ3n) is 3.96. The van der Waals surface area contributed by atoms with Crippen molar-refractivity contribution in [1.82, 2.24) is 10.2 Å². The second-order valence-corrected chi connectivity index (χ2v) is 8.75. The fourth-order valence-electron chi connectivity index (χ4n) is 2.67. The first kappa shape index (κ1) is 18.0. The number of hydrogen-bond donors (Lipinski definition) is 1. The quantitative estimate of drug-likeness (QED) is 0.518. The largest absolute Gasteiger partial charge is 0.300 e. The molecule has 0 radical (unpaired) electrons. The van der Waals surface area contributed by atoms with Crippen LogP contribution in [0.15, 0.2) is 22.5 Å². The highest BCUT2D eigenvalue weighted by Crippen LogP contribution is 2.31. The van der Waals surface area contributed by atoms with Crippen molar-refractivity contribution in [3.05, 3.63) is 33.8 Å². The van der Waals surface area contributed by atoms with Gasteiger partial charge in [-0.2, -0.15) is 0 Å². The smallest absolute Gasteiger partial charge is 0.229 e. The number of anilines is 1. The van der Waals surface area contributed by atoms with Gasteiger partial charge in [0, 0.05) is 11.7 Å². The van der Waals surface area contributed by atoms with E-state index in [0.717, 1.165) is 41.3 Å². The first-order chi connectivity index (χ1) is 11.6. The van der Waals surface area contributed by atoms with Crippen LogP contribution in [0, 0.1) is 5.92 Å². The number of amides is 1. The van der Waals surface area contributed by atoms with Crippen molar-refractivity contribution in [3.8, 4) is 0 Å². The number of rotatable bonds is 5. The number of thioether (sulfide) groups is 1. The Kier molecular flexibility index (Phi) is 6.38. The lowest BCUT2D eigenvalue weighted by Crippen LogP contribution is -2.24. The van der Waals surface area contributed by atoms with Gasteiger partial charge >= 0.3 is 0 Å². The molecule has 1 amide bonds. The third kappa shape index (κ3) is 4.85. The van der Waals surface area contributed by atoms with Gasteiger partial charge in [-0.05, 0) is 30.5 Å². The Labute approximate surface area is 159 Å². The zero-order valence-electron chi connectivity index (χ0n) is 12.9. The molecule has 4 nitrogen and oxygen atoms in total. The maximum absolute atomic E-state index is 12.2. The molecule has 3 rings (SSSR count). The van der Waals surface area contributed by atoms with Gasteiger partial charge in [-0.15, -0.1) is 10.2 Å². The van der Waals surface area contributed by atoms with Gasteiger partial charge in [0.25, 0.3) is 0 Å². The Morgan fingerprint density at radius 1 is 1.21 bits per heavy atom. The van der Waals surface area contributed by atoms with Gasteiger partial charge in [0.2, 0.25) is 11.0 Å². The number of nitrogens with one attached hydrogen (secondary N) is 1. The monoisotopic (exact) mass is 401 g/mol. The van der Waals surface area contributed by atoms with Crippen molar-refractivity contribution in [2.45, 2.75) is 42.2 Å². The Morgan fingerprint density at radius 3 is 2.75 bits per heavy atom. The van der Waals surface area contributed by atoms with Gasteiger partial charge in [-0.3, -0.25) is 4.79 Å². The lowest BCUT2D eigenvalue weighted by atomic mass is 9.89. The summed E-state index contributed by atoms with van der Waals surface area (Å²) >= 11 is 14.9. The molecule has 1 aromatic carbocycles. The standard InChI is InChI=1S/C16H17Cl2N3OS2/c17-12-7-6-10(8-13(12)18)9-23-16-21-20-15(24-16)19-14(22)11-4-2-1-3-5-11/h6-8,11H,1-5,9H2,(H,19,20,22). The number of hydrogen-bond acceptors (Lipinski definition) is 5. The van der Waals surface area contributed by atoms with Crippen LogP contribution in [0.25, 0.3) is 0 Å². The topological polar surface area (TPSA) is 54.9 Å². The molecule has 1 aliphatic rings. The second-order valence-electron chi connectivity index (χ2n) is 5.73. The van der Waals surface area contributed by atoms with E-state index in [4.69, 9.17) is 23.2 Å². The van der Waals surface area contributed by atoms with Crippen LogP contribution in [0.1, 0.15) is 37.7 Å². The maximum Gasteiger partial charge on any atom is 0.229 e. The first-order valence-corrected chi connectivity index (χ1v) is 10.4. The molecule has 1 heterocycles. The van der Waals surface area contributed by atoms with E-state index in [1.165, 1.54) is 17.8 Å². The van der Waals surface area contributed by atoms with Crippen molar-refractivity contribution in [2.24, 2.45) is 5.92 Å². The summed E-state index contributed by atoms with van der Waals surface area (Å²) in [5.41, 5.74) is 1.07. The van der Waals surface area contributed by atoms with Crippen molar-refractivity contribution in [2.75, 3.05) is 5.32 Å². The average molecular weight is 402 g/mol. The van der Waals surface area contributed by atoms with Gasteiger partial charge in [-0.1, -0.05) is 71.6 Å². The molecule has 8 heteroatoms. The number of carbonyl (C=O) groups is 1. The summed E-state index contributed by atoms with van der Waals surface area (Å²) < 4.78 is 0.819. The number of benzene rings is 1. The molecule has 0 unspecified atom stereocenters. The van der Waals surface area contributed by atoms with E-state index in [2.05, 4.69) is 15.5 Å². The molecule has 1 aromatic heterocycles. The molecule has 24 heavy (non-hydrogen) atoms. The van der Waals surface area contributed by atoms with Gasteiger partial charge < -0.3 is 5.32 Å². The SMILES string of the molecule is O=C(Nc1nnc(SCc2ccc(Cl)c(Cl)c2)s1)C1CCCCC1. The van der Waals surface area contributed by atoms with Crippen LogP contribution in [0.4, 0.5) is 5.13 Å². The average Bonchev–Trinajstić information content (AvgIpc) is 3.04. The predicted molar refractivity (Wildman–Crippen MR) is 101 cm³/mol. The van der Waals surface area contributed by atoms with Crippen LogP contribution in [-0.2, 0) is 10.5 Å². The molecule has 0 bridgehead atoms. The van der Waals surface area contributed by atoms with Crippen LogP contribution in [-0.4, -0.2) is 16.1 Å². The summed E-state index contributed by atoms with van der Waals surface area (Å²) in [7, 11) is 0. The minimum atomic E-state index is 0.0758. The molecule has 0 aliphatic heterocycles. The molecule has 1 saturated carbocycles. The van der Waals surface area contributed by atoms with E-state index < -0.39 is 0 Å². The van der Waals surface area contributed by atoms with Gasteiger partial charge in [0.1, 0.15) is 0 Å². The molecule has 0 saturated heterocycles. The molecular formula is C16H17Cl2N3OS2. The van der Waals surface area contributed by atoms with Crippen LogP contribution in [0.3, 0.4) is 0 Å². The summed E-state index contributed by atoms with van der Waals surface area (Å²) in [6, 6.07) is 5.58. The van der Waals surface area contributed by atoms with Crippen molar-refractivity contribution >= 4 is 57.3 Å². The van der Waals surface area contributed by atoms with Crippen molar-refractivity contribution in [1.29, 1.82) is 0 Å². The van der Waals surface area contributed by atoms with Gasteiger partial charge in [0.05, 0.1) is 10.0 Å². The summed E-state index contributed by atoms with van der Waals surface area (Å²) in [6.45, 7) is 0. The normalized spacial score (nSPS) is 15.4. The first-order valence-electron chi connectivity index (χ1n) is 7.83. The summed E-state index contributed by atoms with van der Waals surface area (Å²) in [5.74, 6) is 0.920. The minimum Gasteiger partial charge on any atom is -0.300 e. The summed E-state index contributed by atoms with van der Waals surface area (Å²) in [6.07, 6.45) is 5.46. The van der Waals surface area contributed by atoms with E-state index >= 15 is 0 Å². The van der Waals surface area contributed by atoms with E-state index in [9.17, 15) is 4.79 Å². The fraction of sp³-hybridized carbons (Fsp3) is 0.438. The summed E-state index contributed by atoms with van der Waals surface area (Å²) in [4.78, 5) is 12.2. The Morgan fingerprint density at radius 2 is 2.00 bits per heavy atom. The summed E-state index contributed by atoms with van der Waals surface area (Å²) in [5, 5.41) is 12.8. The van der Waals surface area contributed by atoms with Crippen molar-refractivity contribution < 1.29 is 4.79 Å². The van der Waals surface area contributed by atoms with E-state index in [1.807, 2.05) is 12.1 Å². The molecule has 1 N–H and O–H groups in total. The zero-order chi connectivity index (χ0) is 16.9. The molecular weight excluding hydrogens is 385 g/mol. The van der Waals surface area contributed by atoms with E-state index in [0.29, 0.717) is 15.2 Å². The molecule has 128 valence electrons. The van der Waals surface area contributed by atoms with Crippen LogP contribution in [0.5, 0.6) is 0 Å². The van der Waals surface area contributed by atoms with Crippen molar-refractivity contribution in [3.63, 3.8) is 0 Å². The fourth-order valence-corrected chi connectivity index (χ4v) is 4.68. The van der Waals surface area contributed by atoms with Crippen LogP contribution < -0.4 is 5.32 Å². The Hall–Kier alpha value is -0.820. The van der Waals surface area contributed by atoms with Gasteiger partial charge in [-0.25, -0.2) is 0 Å². The number of halogens is 2. The minimum absolute atomic E-state index is 0.0758. The highest BCUT2D eigenvalue weighted by atomic mass is 35.5. The molecule has 1 fully saturated rings. The Balaban J connectivity index is 1.53. The van der Waals surface area contributed by atoms with Gasteiger partial charge in [0.15, 0.2) is 4.34 Å². The maximum atomic E-state index is 12.2. The van der Waals surface area contributed by atoms with E-state index in [-0.39, 0.29) is 11.8 Å². The lowest BCUT2D eigenvalue weighted by molar-refractivity contribution is -0.120. The lowest BCUT2D eigenvalue weighted by Gasteiger charge is -2.19. The van der Waals surface area contributed by atoms with Crippen LogP contribution >= 0.6 is 46.3 Å². The molecule has 2 aromatic rings. The number of aromatic nitrogens is 2. The second kappa shape index (κ2) is 8.52. The molecule has 1 aliphatic carbocycles. The number of carbonyl (C=O) groups excluding carboxylic acids is 1. The molecule has 0 atom stereocenters. The highest BCUT2D eigenvalue weighted by molar-refractivity contribution is 8.00. The Bertz CT molecular complexity index is 717. The third-order valence-corrected chi connectivity index (χ3v) is 6.74. The highest BCUT2D eigenvalue weighted by Gasteiger charge is 2.22. The predicted octanol–water partition coefficient (Wildman–Crippen LogP) is 5.66. The zero-order valence-corrected chi connectivity index (χ0v) is 16.1. The van der Waals surface area contributed by atoms with Crippen LogP contribution in [0.2, 0.25) is 10.0 Å². The van der Waals surface area contributed by atoms with E-state index in [1.54, 1.807) is 17.8 Å². The number of nitrogens with zero attached hydrogens (tertiary/aromatic N) is 2.